The van der Waals surface area contributed by atoms with E-state index in [1.165, 1.54) is 12.3 Å². The summed E-state index contributed by atoms with van der Waals surface area (Å²) in [5.41, 5.74) is 0. The highest BCUT2D eigenvalue weighted by Gasteiger charge is 2.16. The van der Waals surface area contributed by atoms with Crippen molar-refractivity contribution >= 4 is 31.9 Å². The van der Waals surface area contributed by atoms with Gasteiger partial charge in [0.25, 0.3) is 10.0 Å². The second kappa shape index (κ2) is 6.08. The Bertz CT molecular complexity index is 486. The number of rotatable bonds is 5. The van der Waals surface area contributed by atoms with Gasteiger partial charge in [0, 0.05) is 10.7 Å². The maximum atomic E-state index is 11.7. The van der Waals surface area contributed by atoms with E-state index < -0.39 is 22.5 Å². The van der Waals surface area contributed by atoms with Crippen LogP contribution in [-0.2, 0) is 19.6 Å². The maximum absolute atomic E-state index is 11.7. The smallest absolute Gasteiger partial charge is 0.321 e. The molecule has 0 unspecified atom stereocenters. The molecule has 1 rings (SSSR count). The van der Waals surface area contributed by atoms with E-state index in [-0.39, 0.29) is 11.6 Å². The van der Waals surface area contributed by atoms with Crippen molar-refractivity contribution < 1.29 is 17.9 Å². The molecule has 1 aromatic heterocycles. The van der Waals surface area contributed by atoms with E-state index in [9.17, 15) is 13.2 Å². The number of pyridine rings is 1. The topological polar surface area (TPSA) is 85.4 Å². The van der Waals surface area contributed by atoms with Gasteiger partial charge in [-0.1, -0.05) is 0 Å². The van der Waals surface area contributed by atoms with Crippen LogP contribution in [-0.4, -0.2) is 32.5 Å². The van der Waals surface area contributed by atoms with Crippen LogP contribution in [0.1, 0.15) is 6.92 Å². The average molecular weight is 323 g/mol. The molecule has 0 aliphatic heterocycles. The minimum atomic E-state index is -3.77. The molecule has 8 heteroatoms. The van der Waals surface area contributed by atoms with Crippen LogP contribution in [0, 0.1) is 0 Å². The van der Waals surface area contributed by atoms with Crippen LogP contribution in [0.5, 0.6) is 0 Å². The number of nitrogens with zero attached hydrogens (tertiary/aromatic N) is 1. The zero-order valence-corrected chi connectivity index (χ0v) is 11.4. The van der Waals surface area contributed by atoms with Crippen LogP contribution in [0.15, 0.2) is 27.8 Å². The molecule has 1 N–H and O–H groups in total. The number of ether oxygens (including phenoxy) is 1. The van der Waals surface area contributed by atoms with Gasteiger partial charge >= 0.3 is 5.97 Å². The second-order valence-electron chi connectivity index (χ2n) is 2.94. The Morgan fingerprint density at radius 2 is 2.24 bits per heavy atom. The number of carbonyl (C=O) groups excluding carboxylic acids is 1. The Kier molecular flexibility index (Phi) is 5.03. The van der Waals surface area contributed by atoms with Crippen molar-refractivity contribution in [2.45, 2.75) is 11.9 Å². The molecule has 0 aliphatic carbocycles. The molecule has 1 heterocycles. The highest BCUT2D eigenvalue weighted by atomic mass is 79.9. The molecule has 0 spiro atoms. The number of sulfonamides is 1. The predicted molar refractivity (Wildman–Crippen MR) is 63.8 cm³/mol. The highest BCUT2D eigenvalue weighted by molar-refractivity contribution is 9.10. The summed E-state index contributed by atoms with van der Waals surface area (Å²) in [5.74, 6) is -0.631. The first-order chi connectivity index (χ1) is 7.95. The fourth-order valence-electron chi connectivity index (χ4n) is 0.961. The number of hydrogen-bond donors (Lipinski definition) is 1. The first-order valence-corrected chi connectivity index (χ1v) is 7.00. The summed E-state index contributed by atoms with van der Waals surface area (Å²) in [4.78, 5) is 14.7. The predicted octanol–water partition coefficient (Wildman–Crippen LogP) is 0.685. The molecule has 1 aromatic rings. The van der Waals surface area contributed by atoms with Gasteiger partial charge in [-0.25, -0.2) is 13.4 Å². The fourth-order valence-corrected chi connectivity index (χ4v) is 2.09. The van der Waals surface area contributed by atoms with Gasteiger partial charge < -0.3 is 4.74 Å². The number of nitrogens with one attached hydrogen (secondary N) is 1. The van der Waals surface area contributed by atoms with Gasteiger partial charge in [-0.15, -0.1) is 0 Å². The Balaban J connectivity index is 2.69. The molecule has 0 aromatic carbocycles. The van der Waals surface area contributed by atoms with Gasteiger partial charge in [-0.3, -0.25) is 4.79 Å². The third kappa shape index (κ3) is 4.41. The van der Waals surface area contributed by atoms with Crippen LogP contribution >= 0.6 is 15.9 Å². The number of esters is 1. The fraction of sp³-hybridized carbons (Fsp3) is 0.333. The number of halogens is 1. The SMILES string of the molecule is CCOC(=O)CNS(=O)(=O)c1ccc(Br)cn1. The molecular weight excluding hydrogens is 312 g/mol. The molecule has 94 valence electrons. The number of hydrogen-bond acceptors (Lipinski definition) is 5. The Labute approximate surface area is 108 Å². The maximum Gasteiger partial charge on any atom is 0.321 e. The highest BCUT2D eigenvalue weighted by Crippen LogP contribution is 2.10. The third-order valence-corrected chi connectivity index (χ3v) is 3.47. The molecule has 0 amide bonds. The molecule has 6 nitrogen and oxygen atoms in total. The lowest BCUT2D eigenvalue weighted by Gasteiger charge is -2.05. The summed E-state index contributed by atoms with van der Waals surface area (Å²) in [6, 6.07) is 2.88. The van der Waals surface area contributed by atoms with Crippen LogP contribution < -0.4 is 4.72 Å². The lowest BCUT2D eigenvalue weighted by Crippen LogP contribution is -2.31. The first kappa shape index (κ1) is 14.1. The quantitative estimate of drug-likeness (QED) is 0.806. The van der Waals surface area contributed by atoms with Gasteiger partial charge in [0.1, 0.15) is 6.54 Å². The minimum Gasteiger partial charge on any atom is -0.465 e. The van der Waals surface area contributed by atoms with E-state index in [1.54, 1.807) is 13.0 Å². The molecule has 0 radical (unpaired) electrons. The van der Waals surface area contributed by atoms with Crippen molar-refractivity contribution in [2.75, 3.05) is 13.2 Å². The van der Waals surface area contributed by atoms with Crippen LogP contribution in [0.2, 0.25) is 0 Å². The third-order valence-electron chi connectivity index (χ3n) is 1.69. The zero-order chi connectivity index (χ0) is 12.9. The van der Waals surface area contributed by atoms with Crippen molar-refractivity contribution in [3.8, 4) is 0 Å². The van der Waals surface area contributed by atoms with Crippen LogP contribution in [0.4, 0.5) is 0 Å². The van der Waals surface area contributed by atoms with E-state index in [0.717, 1.165) is 0 Å². The summed E-state index contributed by atoms with van der Waals surface area (Å²) in [7, 11) is -3.77. The standard InChI is InChI=1S/C9H11BrN2O4S/c1-2-16-9(13)6-12-17(14,15)8-4-3-7(10)5-11-8/h3-5,12H,2,6H2,1H3. The molecule has 0 saturated heterocycles. The Hall–Kier alpha value is -0.990. The summed E-state index contributed by atoms with van der Waals surface area (Å²) in [6.45, 7) is 1.44. The normalized spacial score (nSPS) is 11.2. The molecule has 0 atom stereocenters. The number of carbonyl (C=O) groups is 1. The van der Waals surface area contributed by atoms with E-state index in [1.807, 2.05) is 0 Å². The van der Waals surface area contributed by atoms with Crippen molar-refractivity contribution in [1.29, 1.82) is 0 Å². The Morgan fingerprint density at radius 1 is 1.53 bits per heavy atom. The number of aromatic nitrogens is 1. The summed E-state index contributed by atoms with van der Waals surface area (Å²) >= 11 is 3.14. The average Bonchev–Trinajstić information content (AvgIpc) is 2.28. The largest absolute Gasteiger partial charge is 0.465 e. The van der Waals surface area contributed by atoms with Gasteiger partial charge in [0.15, 0.2) is 5.03 Å². The van der Waals surface area contributed by atoms with Gasteiger partial charge in [0.05, 0.1) is 6.61 Å². The van der Waals surface area contributed by atoms with E-state index in [2.05, 4.69) is 30.4 Å². The van der Waals surface area contributed by atoms with Crippen LogP contribution in [0.3, 0.4) is 0 Å². The molecule has 0 fully saturated rings. The summed E-state index contributed by atoms with van der Waals surface area (Å²) in [5, 5.41) is -0.148. The van der Waals surface area contributed by atoms with Crippen LogP contribution in [0.25, 0.3) is 0 Å². The molecular formula is C9H11BrN2O4S. The zero-order valence-electron chi connectivity index (χ0n) is 9.01. The van der Waals surface area contributed by atoms with Gasteiger partial charge in [-0.2, -0.15) is 4.72 Å². The van der Waals surface area contributed by atoms with Crippen molar-refractivity contribution in [3.05, 3.63) is 22.8 Å². The Morgan fingerprint density at radius 3 is 2.76 bits per heavy atom. The first-order valence-electron chi connectivity index (χ1n) is 4.72. The lowest BCUT2D eigenvalue weighted by atomic mass is 10.5. The van der Waals surface area contributed by atoms with Crippen molar-refractivity contribution in [3.63, 3.8) is 0 Å². The minimum absolute atomic E-state index is 0.148. The van der Waals surface area contributed by atoms with Crippen molar-refractivity contribution in [1.82, 2.24) is 9.71 Å². The molecule has 17 heavy (non-hydrogen) atoms. The van der Waals surface area contributed by atoms with Gasteiger partial charge in [-0.05, 0) is 35.0 Å². The lowest BCUT2D eigenvalue weighted by molar-refractivity contribution is -0.141. The van der Waals surface area contributed by atoms with E-state index in [4.69, 9.17) is 0 Å². The molecule has 0 aliphatic rings. The van der Waals surface area contributed by atoms with Gasteiger partial charge in [0.2, 0.25) is 0 Å². The second-order valence-corrected chi connectivity index (χ2v) is 5.57. The van der Waals surface area contributed by atoms with E-state index in [0.29, 0.717) is 4.47 Å². The molecule has 0 bridgehead atoms. The summed E-state index contributed by atoms with van der Waals surface area (Å²) < 4.78 is 30.7. The van der Waals surface area contributed by atoms with Crippen molar-refractivity contribution in [2.24, 2.45) is 0 Å². The summed E-state index contributed by atoms with van der Waals surface area (Å²) in [6.07, 6.45) is 1.36. The van der Waals surface area contributed by atoms with E-state index >= 15 is 0 Å². The molecule has 0 saturated carbocycles. The monoisotopic (exact) mass is 322 g/mol.